The van der Waals surface area contributed by atoms with Crippen LogP contribution >= 0.6 is 0 Å². The molecule has 1 unspecified atom stereocenters. The molecule has 7 heteroatoms. The van der Waals surface area contributed by atoms with Crippen molar-refractivity contribution >= 4 is 6.03 Å². The number of oxazole rings is 1. The van der Waals surface area contributed by atoms with E-state index in [0.29, 0.717) is 17.4 Å². The number of furan rings is 1. The third kappa shape index (κ3) is 4.27. The minimum absolute atomic E-state index is 0.00714. The van der Waals surface area contributed by atoms with Crippen LogP contribution in [0.2, 0.25) is 0 Å². The van der Waals surface area contributed by atoms with E-state index in [1.165, 1.54) is 6.26 Å². The van der Waals surface area contributed by atoms with Crippen LogP contribution in [0.3, 0.4) is 0 Å². The summed E-state index contributed by atoms with van der Waals surface area (Å²) in [5.74, 6) is 1.42. The first-order valence-corrected chi connectivity index (χ1v) is 7.83. The Morgan fingerprint density at radius 2 is 2.00 bits per heavy atom. The largest absolute Gasteiger partial charge is 0.466 e. The van der Waals surface area contributed by atoms with E-state index in [1.807, 2.05) is 30.3 Å². The first kappa shape index (κ1) is 16.8. The predicted octanol–water partition coefficient (Wildman–Crippen LogP) is 2.64. The molecular formula is C18H19N3O4. The molecule has 0 spiro atoms. The molecule has 7 nitrogen and oxygen atoms in total. The van der Waals surface area contributed by atoms with Crippen molar-refractivity contribution in [2.75, 3.05) is 6.54 Å². The molecule has 0 saturated carbocycles. The van der Waals surface area contributed by atoms with Crippen molar-refractivity contribution in [2.24, 2.45) is 0 Å². The molecule has 25 heavy (non-hydrogen) atoms. The maximum atomic E-state index is 11.9. The highest BCUT2D eigenvalue weighted by molar-refractivity contribution is 5.73. The third-order valence-corrected chi connectivity index (χ3v) is 3.66. The molecule has 0 bridgehead atoms. The zero-order chi connectivity index (χ0) is 17.7. The molecule has 0 aliphatic rings. The zero-order valence-corrected chi connectivity index (χ0v) is 13.7. The van der Waals surface area contributed by atoms with Gasteiger partial charge >= 0.3 is 6.03 Å². The predicted molar refractivity (Wildman–Crippen MR) is 90.5 cm³/mol. The van der Waals surface area contributed by atoms with Crippen molar-refractivity contribution < 1.29 is 18.7 Å². The van der Waals surface area contributed by atoms with Gasteiger partial charge in [0.2, 0.25) is 5.89 Å². The standard InChI is InChI=1S/C18H19N3O4/c1-18(23,15-8-5-9-24-15)12-21-17(22)20-11-16-19-10-14(25-16)13-6-3-2-4-7-13/h2-10,23H,11-12H2,1H3,(H2,20,21,22). The molecule has 130 valence electrons. The Bertz CT molecular complexity index is 810. The lowest BCUT2D eigenvalue weighted by atomic mass is 10.0. The van der Waals surface area contributed by atoms with Crippen LogP contribution in [0.15, 0.2) is 63.8 Å². The van der Waals surface area contributed by atoms with Crippen LogP contribution in [0.1, 0.15) is 18.6 Å². The van der Waals surface area contributed by atoms with Gasteiger partial charge in [-0.2, -0.15) is 0 Å². The number of carbonyl (C=O) groups is 1. The maximum Gasteiger partial charge on any atom is 0.315 e. The maximum absolute atomic E-state index is 11.9. The van der Waals surface area contributed by atoms with E-state index >= 15 is 0 Å². The first-order chi connectivity index (χ1) is 12.0. The summed E-state index contributed by atoms with van der Waals surface area (Å²) in [6.07, 6.45) is 3.09. The zero-order valence-electron chi connectivity index (χ0n) is 13.7. The summed E-state index contributed by atoms with van der Waals surface area (Å²) in [6.45, 7) is 1.71. The van der Waals surface area contributed by atoms with Gasteiger partial charge in [0.15, 0.2) is 5.76 Å². The van der Waals surface area contributed by atoms with Gasteiger partial charge in [-0.15, -0.1) is 0 Å². The fraction of sp³-hybridized carbons (Fsp3) is 0.222. The van der Waals surface area contributed by atoms with Gasteiger partial charge in [0.05, 0.1) is 25.5 Å². The Kier molecular flexibility index (Phi) is 4.85. The first-order valence-electron chi connectivity index (χ1n) is 7.83. The molecule has 3 aromatic rings. The lowest BCUT2D eigenvalue weighted by Gasteiger charge is -2.21. The number of amides is 2. The van der Waals surface area contributed by atoms with E-state index in [2.05, 4.69) is 15.6 Å². The highest BCUT2D eigenvalue weighted by Gasteiger charge is 2.26. The van der Waals surface area contributed by atoms with Crippen molar-refractivity contribution in [3.63, 3.8) is 0 Å². The number of nitrogens with zero attached hydrogens (tertiary/aromatic N) is 1. The van der Waals surface area contributed by atoms with Crippen LogP contribution in [0.5, 0.6) is 0 Å². The number of hydrogen-bond acceptors (Lipinski definition) is 5. The van der Waals surface area contributed by atoms with E-state index in [-0.39, 0.29) is 13.1 Å². The van der Waals surface area contributed by atoms with Gasteiger partial charge in [0, 0.05) is 5.56 Å². The van der Waals surface area contributed by atoms with Crippen LogP contribution < -0.4 is 10.6 Å². The summed E-state index contributed by atoms with van der Waals surface area (Å²) in [4.78, 5) is 16.0. The van der Waals surface area contributed by atoms with Gasteiger partial charge in [0.1, 0.15) is 11.4 Å². The number of carbonyl (C=O) groups excluding carboxylic acids is 1. The lowest BCUT2D eigenvalue weighted by molar-refractivity contribution is 0.0367. The van der Waals surface area contributed by atoms with E-state index < -0.39 is 11.6 Å². The number of rotatable bonds is 6. The van der Waals surface area contributed by atoms with Crippen LogP contribution in [-0.2, 0) is 12.1 Å². The van der Waals surface area contributed by atoms with Crippen LogP contribution in [0.4, 0.5) is 4.79 Å². The summed E-state index contributed by atoms with van der Waals surface area (Å²) in [5.41, 5.74) is -0.371. The SMILES string of the molecule is CC(O)(CNC(=O)NCc1ncc(-c2ccccc2)o1)c1ccco1. The Hall–Kier alpha value is -3.06. The highest BCUT2D eigenvalue weighted by atomic mass is 16.4. The molecule has 3 rings (SSSR count). The molecule has 2 aromatic heterocycles. The molecule has 1 atom stereocenters. The van der Waals surface area contributed by atoms with Crippen LogP contribution in [0.25, 0.3) is 11.3 Å². The van der Waals surface area contributed by atoms with E-state index in [0.717, 1.165) is 5.56 Å². The average Bonchev–Trinajstić information content (AvgIpc) is 3.31. The Morgan fingerprint density at radius 1 is 1.20 bits per heavy atom. The van der Waals surface area contributed by atoms with Crippen LogP contribution in [-0.4, -0.2) is 22.7 Å². The minimum Gasteiger partial charge on any atom is -0.466 e. The van der Waals surface area contributed by atoms with Gasteiger partial charge in [-0.3, -0.25) is 0 Å². The molecule has 0 radical (unpaired) electrons. The normalized spacial score (nSPS) is 13.2. The summed E-state index contributed by atoms with van der Waals surface area (Å²) < 4.78 is 10.8. The van der Waals surface area contributed by atoms with Crippen molar-refractivity contribution in [1.82, 2.24) is 15.6 Å². The van der Waals surface area contributed by atoms with Gasteiger partial charge in [-0.05, 0) is 19.1 Å². The molecule has 0 aliphatic carbocycles. The second kappa shape index (κ2) is 7.23. The van der Waals surface area contributed by atoms with Gasteiger partial charge in [-0.1, -0.05) is 30.3 Å². The smallest absolute Gasteiger partial charge is 0.315 e. The molecule has 0 aliphatic heterocycles. The monoisotopic (exact) mass is 341 g/mol. The molecular weight excluding hydrogens is 322 g/mol. The molecule has 0 saturated heterocycles. The van der Waals surface area contributed by atoms with Gasteiger partial charge in [0.25, 0.3) is 0 Å². The van der Waals surface area contributed by atoms with Gasteiger partial charge in [-0.25, -0.2) is 9.78 Å². The minimum atomic E-state index is -1.29. The number of benzene rings is 1. The lowest BCUT2D eigenvalue weighted by Crippen LogP contribution is -2.43. The van der Waals surface area contributed by atoms with Crippen LogP contribution in [0, 0.1) is 0 Å². The van der Waals surface area contributed by atoms with E-state index in [1.54, 1.807) is 25.3 Å². The molecule has 0 fully saturated rings. The second-order valence-corrected chi connectivity index (χ2v) is 5.77. The number of aromatic nitrogens is 1. The van der Waals surface area contributed by atoms with Crippen molar-refractivity contribution in [1.29, 1.82) is 0 Å². The average molecular weight is 341 g/mol. The van der Waals surface area contributed by atoms with E-state index in [9.17, 15) is 9.90 Å². The summed E-state index contributed by atoms with van der Waals surface area (Å²) in [7, 11) is 0. The fourth-order valence-corrected chi connectivity index (χ4v) is 2.27. The Balaban J connectivity index is 1.49. The topological polar surface area (TPSA) is 101 Å². The second-order valence-electron chi connectivity index (χ2n) is 5.77. The van der Waals surface area contributed by atoms with E-state index in [4.69, 9.17) is 8.83 Å². The fourth-order valence-electron chi connectivity index (χ4n) is 2.27. The number of nitrogens with one attached hydrogen (secondary N) is 2. The summed E-state index contributed by atoms with van der Waals surface area (Å²) in [6, 6.07) is 12.5. The van der Waals surface area contributed by atoms with Crippen molar-refractivity contribution in [2.45, 2.75) is 19.1 Å². The molecule has 3 N–H and O–H groups in total. The molecule has 1 aromatic carbocycles. The van der Waals surface area contributed by atoms with Gasteiger partial charge < -0.3 is 24.6 Å². The number of urea groups is 1. The summed E-state index contributed by atoms with van der Waals surface area (Å²) >= 11 is 0. The highest BCUT2D eigenvalue weighted by Crippen LogP contribution is 2.20. The Morgan fingerprint density at radius 3 is 2.72 bits per heavy atom. The number of aliphatic hydroxyl groups is 1. The van der Waals surface area contributed by atoms with Crippen molar-refractivity contribution in [3.8, 4) is 11.3 Å². The molecule has 2 amide bonds. The number of hydrogen-bond donors (Lipinski definition) is 3. The third-order valence-electron chi connectivity index (χ3n) is 3.66. The quantitative estimate of drug-likeness (QED) is 0.640. The summed E-state index contributed by atoms with van der Waals surface area (Å²) in [5, 5.41) is 15.5. The molecule has 2 heterocycles. The van der Waals surface area contributed by atoms with Crippen molar-refractivity contribution in [3.05, 3.63) is 66.6 Å². The Labute approximate surface area is 144 Å².